The van der Waals surface area contributed by atoms with Crippen LogP contribution in [0.15, 0.2) is 42.5 Å². The minimum Gasteiger partial charge on any atom is -0.508 e. The molecule has 2 saturated heterocycles. The largest absolute Gasteiger partial charge is 0.508 e. The second kappa shape index (κ2) is 8.83. The van der Waals surface area contributed by atoms with Gasteiger partial charge in [0.05, 0.1) is 4.92 Å². The minimum atomic E-state index is -0.381. The molecule has 2 aromatic carbocycles. The van der Waals surface area contributed by atoms with Gasteiger partial charge in [-0.25, -0.2) is 0 Å². The normalized spacial score (nSPS) is 19.4. The average molecular weight is 425 g/mol. The Labute approximate surface area is 181 Å². The summed E-state index contributed by atoms with van der Waals surface area (Å²) in [6.07, 6.45) is 2.15. The Morgan fingerprint density at radius 3 is 2.39 bits per heavy atom. The molecule has 0 saturated carbocycles. The molecule has 4 rings (SSSR count). The van der Waals surface area contributed by atoms with Crippen molar-refractivity contribution < 1.29 is 14.8 Å². The number of rotatable bonds is 4. The number of nitro benzene ring substituents is 1. The fraction of sp³-hybridized carbons (Fsp3) is 0.435. The molecule has 1 N–H and O–H groups in total. The number of hydrogen-bond donors (Lipinski definition) is 1. The molecule has 1 unspecified atom stereocenters. The number of nitrogens with zero attached hydrogens (tertiary/aromatic N) is 4. The number of amides is 1. The van der Waals surface area contributed by atoms with E-state index in [0.29, 0.717) is 43.3 Å². The summed E-state index contributed by atoms with van der Waals surface area (Å²) in [6.45, 7) is 6.18. The Bertz CT molecular complexity index is 955. The Hall–Kier alpha value is -3.29. The molecule has 0 bridgehead atoms. The quantitative estimate of drug-likeness (QED) is 0.597. The number of aromatic hydroxyl groups is 1. The van der Waals surface area contributed by atoms with Gasteiger partial charge in [-0.1, -0.05) is 6.92 Å². The van der Waals surface area contributed by atoms with Gasteiger partial charge < -0.3 is 19.8 Å². The monoisotopic (exact) mass is 424 g/mol. The van der Waals surface area contributed by atoms with Crippen molar-refractivity contribution in [2.24, 2.45) is 5.92 Å². The second-order valence-corrected chi connectivity index (χ2v) is 8.45. The third-order valence-electron chi connectivity index (χ3n) is 6.20. The summed E-state index contributed by atoms with van der Waals surface area (Å²) in [5, 5.41) is 21.2. The first-order valence-electron chi connectivity index (χ1n) is 10.8. The van der Waals surface area contributed by atoms with Gasteiger partial charge in [0.1, 0.15) is 11.4 Å². The number of piperidine rings is 1. The molecular weight excluding hydrogens is 396 g/mol. The SMILES string of the molecule is CC1CCCN(c2ccc(C(=O)N3CCN(c4ccc(O)cc4)CC3)cc2[N+](=O)[O-])C1. The fourth-order valence-corrected chi connectivity index (χ4v) is 4.49. The first kappa shape index (κ1) is 21.0. The molecular formula is C23H28N4O4. The number of carbonyl (C=O) groups excluding carboxylic acids is 1. The summed E-state index contributed by atoms with van der Waals surface area (Å²) in [6, 6.07) is 11.9. The van der Waals surface area contributed by atoms with Crippen LogP contribution in [-0.4, -0.2) is 60.1 Å². The van der Waals surface area contributed by atoms with E-state index in [1.54, 1.807) is 29.2 Å². The number of nitro groups is 1. The summed E-state index contributed by atoms with van der Waals surface area (Å²) in [5.74, 6) is 0.549. The smallest absolute Gasteiger partial charge is 0.293 e. The Morgan fingerprint density at radius 2 is 1.74 bits per heavy atom. The molecule has 2 heterocycles. The lowest BCUT2D eigenvalue weighted by Gasteiger charge is -2.36. The van der Waals surface area contributed by atoms with E-state index in [1.165, 1.54) is 6.07 Å². The molecule has 0 radical (unpaired) electrons. The fourth-order valence-electron chi connectivity index (χ4n) is 4.49. The molecule has 1 atom stereocenters. The van der Waals surface area contributed by atoms with E-state index >= 15 is 0 Å². The van der Waals surface area contributed by atoms with Gasteiger partial charge in [0.2, 0.25) is 0 Å². The molecule has 2 fully saturated rings. The van der Waals surface area contributed by atoms with Gasteiger partial charge in [0.25, 0.3) is 11.6 Å². The molecule has 2 aliphatic heterocycles. The molecule has 31 heavy (non-hydrogen) atoms. The van der Waals surface area contributed by atoms with E-state index in [-0.39, 0.29) is 22.3 Å². The molecule has 0 aliphatic carbocycles. The van der Waals surface area contributed by atoms with Crippen molar-refractivity contribution in [2.45, 2.75) is 19.8 Å². The summed E-state index contributed by atoms with van der Waals surface area (Å²) < 4.78 is 0. The number of piperazine rings is 1. The predicted molar refractivity (Wildman–Crippen MR) is 120 cm³/mol. The molecule has 8 nitrogen and oxygen atoms in total. The van der Waals surface area contributed by atoms with Crippen LogP contribution in [0.5, 0.6) is 5.75 Å². The summed E-state index contributed by atoms with van der Waals surface area (Å²) in [5.41, 5.74) is 1.96. The predicted octanol–water partition coefficient (Wildman–Crippen LogP) is 3.50. The van der Waals surface area contributed by atoms with E-state index in [0.717, 1.165) is 31.6 Å². The summed E-state index contributed by atoms with van der Waals surface area (Å²) in [4.78, 5) is 30.4. The highest BCUT2D eigenvalue weighted by Crippen LogP contribution is 2.33. The Balaban J connectivity index is 1.46. The van der Waals surface area contributed by atoms with Gasteiger partial charge in [-0.05, 0) is 55.2 Å². The van der Waals surface area contributed by atoms with E-state index in [9.17, 15) is 20.0 Å². The highest BCUT2D eigenvalue weighted by molar-refractivity contribution is 5.96. The Morgan fingerprint density at radius 1 is 1.03 bits per heavy atom. The third kappa shape index (κ3) is 4.57. The number of benzene rings is 2. The zero-order chi connectivity index (χ0) is 22.0. The van der Waals surface area contributed by atoms with Crippen molar-refractivity contribution in [3.63, 3.8) is 0 Å². The summed E-state index contributed by atoms with van der Waals surface area (Å²) >= 11 is 0. The molecule has 0 spiro atoms. The van der Waals surface area contributed by atoms with Crippen LogP contribution in [0.2, 0.25) is 0 Å². The summed E-state index contributed by atoms with van der Waals surface area (Å²) in [7, 11) is 0. The van der Waals surface area contributed by atoms with Crippen LogP contribution in [0.3, 0.4) is 0 Å². The zero-order valence-electron chi connectivity index (χ0n) is 17.7. The minimum absolute atomic E-state index is 0.00248. The van der Waals surface area contributed by atoms with Crippen molar-refractivity contribution in [1.82, 2.24) is 4.90 Å². The van der Waals surface area contributed by atoms with E-state index < -0.39 is 0 Å². The van der Waals surface area contributed by atoms with Crippen LogP contribution in [0, 0.1) is 16.0 Å². The van der Waals surface area contributed by atoms with Gasteiger partial charge in [-0.15, -0.1) is 0 Å². The highest BCUT2D eigenvalue weighted by Gasteiger charge is 2.27. The van der Waals surface area contributed by atoms with Crippen LogP contribution in [-0.2, 0) is 0 Å². The van der Waals surface area contributed by atoms with Crippen molar-refractivity contribution in [3.8, 4) is 5.75 Å². The lowest BCUT2D eigenvalue weighted by Crippen LogP contribution is -2.48. The maximum absolute atomic E-state index is 13.0. The van der Waals surface area contributed by atoms with E-state index in [1.807, 2.05) is 12.1 Å². The van der Waals surface area contributed by atoms with Gasteiger partial charge in [0.15, 0.2) is 0 Å². The average Bonchev–Trinajstić information content (AvgIpc) is 2.79. The van der Waals surface area contributed by atoms with Crippen LogP contribution in [0.1, 0.15) is 30.1 Å². The van der Waals surface area contributed by atoms with Crippen molar-refractivity contribution in [1.29, 1.82) is 0 Å². The van der Waals surface area contributed by atoms with Gasteiger partial charge in [-0.2, -0.15) is 0 Å². The molecule has 2 aromatic rings. The molecule has 164 valence electrons. The Kier molecular flexibility index (Phi) is 5.97. The highest BCUT2D eigenvalue weighted by atomic mass is 16.6. The third-order valence-corrected chi connectivity index (χ3v) is 6.20. The molecule has 2 aliphatic rings. The van der Waals surface area contributed by atoms with E-state index in [2.05, 4.69) is 16.7 Å². The first-order chi connectivity index (χ1) is 14.9. The van der Waals surface area contributed by atoms with Crippen LogP contribution < -0.4 is 9.80 Å². The van der Waals surface area contributed by atoms with Crippen LogP contribution >= 0.6 is 0 Å². The number of anilines is 2. The van der Waals surface area contributed by atoms with Crippen LogP contribution in [0.25, 0.3) is 0 Å². The molecule has 1 amide bonds. The zero-order valence-corrected chi connectivity index (χ0v) is 17.7. The molecule has 0 aromatic heterocycles. The van der Waals surface area contributed by atoms with Gasteiger partial charge >= 0.3 is 0 Å². The van der Waals surface area contributed by atoms with E-state index in [4.69, 9.17) is 0 Å². The topological polar surface area (TPSA) is 90.2 Å². The lowest BCUT2D eigenvalue weighted by atomic mass is 9.99. The lowest BCUT2D eigenvalue weighted by molar-refractivity contribution is -0.384. The maximum atomic E-state index is 13.0. The van der Waals surface area contributed by atoms with Crippen molar-refractivity contribution in [3.05, 3.63) is 58.1 Å². The second-order valence-electron chi connectivity index (χ2n) is 8.45. The standard InChI is InChI=1S/C23H28N4O4/c1-17-3-2-10-26(16-17)21-9-4-18(15-22(21)27(30)31)23(29)25-13-11-24(12-14-25)19-5-7-20(28)8-6-19/h4-9,15,17,28H,2-3,10-14,16H2,1H3. The van der Waals surface area contributed by atoms with Gasteiger partial charge in [0, 0.05) is 56.6 Å². The number of hydrogen-bond acceptors (Lipinski definition) is 6. The van der Waals surface area contributed by atoms with Gasteiger partial charge in [-0.3, -0.25) is 14.9 Å². The number of phenols is 1. The molecule has 8 heteroatoms. The number of carbonyl (C=O) groups is 1. The first-order valence-corrected chi connectivity index (χ1v) is 10.8. The van der Waals surface area contributed by atoms with Crippen molar-refractivity contribution in [2.75, 3.05) is 49.1 Å². The van der Waals surface area contributed by atoms with Crippen LogP contribution in [0.4, 0.5) is 17.1 Å². The van der Waals surface area contributed by atoms with Crippen molar-refractivity contribution >= 4 is 23.0 Å². The number of phenolic OH excluding ortho intramolecular Hbond substituents is 1. The maximum Gasteiger partial charge on any atom is 0.293 e.